The molecular weight excluding hydrogens is 348 g/mol. The number of hydrogen-bond donors (Lipinski definition) is 2. The van der Waals surface area contributed by atoms with Crippen molar-refractivity contribution in [2.75, 3.05) is 5.32 Å². The average molecular weight is 357 g/mol. The van der Waals surface area contributed by atoms with Crippen molar-refractivity contribution in [3.63, 3.8) is 0 Å². The highest BCUT2D eigenvalue weighted by atomic mass is 127. The molecule has 2 rings (SSSR count). The van der Waals surface area contributed by atoms with Crippen molar-refractivity contribution in [2.24, 2.45) is 0 Å². The summed E-state index contributed by atoms with van der Waals surface area (Å²) in [5.41, 5.74) is 0.683. The van der Waals surface area contributed by atoms with Gasteiger partial charge in [0.15, 0.2) is 0 Å². The zero-order chi connectivity index (χ0) is 13.1. The van der Waals surface area contributed by atoms with Crippen LogP contribution in [0.3, 0.4) is 0 Å². The largest absolute Gasteiger partial charge is 0.506 e. The molecule has 1 amide bonds. The second-order valence-corrected chi connectivity index (χ2v) is 4.76. The fourth-order valence-corrected chi connectivity index (χ4v) is 2.16. The summed E-state index contributed by atoms with van der Waals surface area (Å²) in [5, 5.41) is 12.1. The first-order valence-electron chi connectivity index (χ1n) is 5.12. The fraction of sp³-hybridized carbons (Fsp3) is 0. The van der Waals surface area contributed by atoms with Gasteiger partial charge in [-0.15, -0.1) is 0 Å². The second-order valence-electron chi connectivity index (χ2n) is 3.60. The van der Waals surface area contributed by atoms with Crippen LogP contribution in [-0.4, -0.2) is 11.0 Å². The van der Waals surface area contributed by atoms with Crippen LogP contribution in [0.2, 0.25) is 0 Å². The number of para-hydroxylation sites is 2. The van der Waals surface area contributed by atoms with Gasteiger partial charge in [-0.3, -0.25) is 4.79 Å². The molecule has 0 atom stereocenters. The van der Waals surface area contributed by atoms with Crippen LogP contribution in [0.5, 0.6) is 5.75 Å². The zero-order valence-corrected chi connectivity index (χ0v) is 11.3. The highest BCUT2D eigenvalue weighted by Crippen LogP contribution is 2.23. The van der Waals surface area contributed by atoms with E-state index in [4.69, 9.17) is 0 Å². The molecular formula is C13H9FINO2. The Hall–Kier alpha value is -1.63. The van der Waals surface area contributed by atoms with E-state index in [9.17, 15) is 14.3 Å². The molecule has 0 aromatic heterocycles. The van der Waals surface area contributed by atoms with E-state index in [0.29, 0.717) is 14.8 Å². The molecule has 18 heavy (non-hydrogen) atoms. The lowest BCUT2D eigenvalue weighted by Crippen LogP contribution is -2.13. The van der Waals surface area contributed by atoms with Gasteiger partial charge in [0.25, 0.3) is 5.91 Å². The number of amides is 1. The number of rotatable bonds is 2. The molecule has 0 aliphatic carbocycles. The van der Waals surface area contributed by atoms with Gasteiger partial charge in [0.2, 0.25) is 0 Å². The van der Waals surface area contributed by atoms with Crippen molar-refractivity contribution in [3.8, 4) is 5.75 Å². The molecule has 0 heterocycles. The van der Waals surface area contributed by atoms with E-state index in [1.807, 2.05) is 22.6 Å². The van der Waals surface area contributed by atoms with Crippen LogP contribution >= 0.6 is 22.6 Å². The maximum atomic E-state index is 12.9. The molecule has 0 saturated heterocycles. The Morgan fingerprint density at radius 2 is 1.94 bits per heavy atom. The number of phenols is 1. The SMILES string of the molecule is O=C(Nc1ccccc1O)c1ccc(F)cc1I. The number of benzene rings is 2. The van der Waals surface area contributed by atoms with E-state index in [1.165, 1.54) is 24.3 Å². The molecule has 92 valence electrons. The molecule has 2 aromatic carbocycles. The molecule has 0 fully saturated rings. The monoisotopic (exact) mass is 357 g/mol. The predicted octanol–water partition coefficient (Wildman–Crippen LogP) is 3.39. The summed E-state index contributed by atoms with van der Waals surface area (Å²) < 4.78 is 13.4. The van der Waals surface area contributed by atoms with Gasteiger partial charge >= 0.3 is 0 Å². The van der Waals surface area contributed by atoms with Gasteiger partial charge in [-0.25, -0.2) is 4.39 Å². The number of phenolic OH excluding ortho intramolecular Hbond substituents is 1. The topological polar surface area (TPSA) is 49.3 Å². The number of nitrogens with one attached hydrogen (secondary N) is 1. The van der Waals surface area contributed by atoms with Crippen molar-refractivity contribution in [3.05, 3.63) is 57.4 Å². The number of halogens is 2. The Labute approximate surface area is 117 Å². The van der Waals surface area contributed by atoms with Crippen LogP contribution in [0.25, 0.3) is 0 Å². The standard InChI is InChI=1S/C13H9FINO2/c14-8-5-6-9(10(15)7-8)13(18)16-11-3-1-2-4-12(11)17/h1-7,17H,(H,16,18). The summed E-state index contributed by atoms with van der Waals surface area (Å²) in [6.07, 6.45) is 0. The summed E-state index contributed by atoms with van der Waals surface area (Å²) >= 11 is 1.89. The van der Waals surface area contributed by atoms with Gasteiger partial charge in [0.05, 0.1) is 11.3 Å². The van der Waals surface area contributed by atoms with Crippen molar-refractivity contribution < 1.29 is 14.3 Å². The molecule has 0 aliphatic heterocycles. The fourth-order valence-electron chi connectivity index (χ4n) is 1.44. The van der Waals surface area contributed by atoms with Crippen molar-refractivity contribution in [1.82, 2.24) is 0 Å². The van der Waals surface area contributed by atoms with Crippen LogP contribution in [-0.2, 0) is 0 Å². The third-order valence-electron chi connectivity index (χ3n) is 2.33. The van der Waals surface area contributed by atoms with Crippen molar-refractivity contribution in [2.45, 2.75) is 0 Å². The minimum absolute atomic E-state index is 0.0111. The molecule has 0 saturated carbocycles. The third-order valence-corrected chi connectivity index (χ3v) is 3.22. The molecule has 3 nitrogen and oxygen atoms in total. The maximum Gasteiger partial charge on any atom is 0.256 e. The van der Waals surface area contributed by atoms with Crippen LogP contribution in [0.15, 0.2) is 42.5 Å². The summed E-state index contributed by atoms with van der Waals surface area (Å²) in [5.74, 6) is -0.789. The van der Waals surface area contributed by atoms with Gasteiger partial charge < -0.3 is 10.4 Å². The van der Waals surface area contributed by atoms with E-state index >= 15 is 0 Å². The molecule has 5 heteroatoms. The lowest BCUT2D eigenvalue weighted by atomic mass is 10.2. The normalized spacial score (nSPS) is 10.1. The van der Waals surface area contributed by atoms with Crippen LogP contribution in [0.1, 0.15) is 10.4 Å². The Morgan fingerprint density at radius 1 is 1.22 bits per heavy atom. The van der Waals surface area contributed by atoms with Crippen LogP contribution < -0.4 is 5.32 Å². The van der Waals surface area contributed by atoms with Gasteiger partial charge in [0, 0.05) is 3.57 Å². The van der Waals surface area contributed by atoms with E-state index in [-0.39, 0.29) is 11.7 Å². The van der Waals surface area contributed by atoms with Gasteiger partial charge in [-0.1, -0.05) is 12.1 Å². The van der Waals surface area contributed by atoms with Gasteiger partial charge in [0.1, 0.15) is 11.6 Å². The number of hydrogen-bond acceptors (Lipinski definition) is 2. The first-order chi connectivity index (χ1) is 8.58. The van der Waals surface area contributed by atoms with Gasteiger partial charge in [-0.05, 0) is 52.9 Å². The van der Waals surface area contributed by atoms with Crippen LogP contribution in [0, 0.1) is 9.39 Å². The molecule has 2 aromatic rings. The smallest absolute Gasteiger partial charge is 0.256 e. The minimum atomic E-state index is -0.390. The summed E-state index contributed by atoms with van der Waals surface area (Å²) in [7, 11) is 0. The summed E-state index contributed by atoms with van der Waals surface area (Å²) in [6.45, 7) is 0. The van der Waals surface area contributed by atoms with Gasteiger partial charge in [-0.2, -0.15) is 0 Å². The number of anilines is 1. The van der Waals surface area contributed by atoms with E-state index in [1.54, 1.807) is 18.2 Å². The quantitative estimate of drug-likeness (QED) is 0.640. The summed E-state index contributed by atoms with van der Waals surface area (Å²) in [4.78, 5) is 11.9. The first-order valence-corrected chi connectivity index (χ1v) is 6.20. The number of carbonyl (C=O) groups excluding carboxylic acids is 1. The first kappa shape index (κ1) is 12.8. The van der Waals surface area contributed by atoms with Crippen molar-refractivity contribution >= 4 is 34.2 Å². The zero-order valence-electron chi connectivity index (χ0n) is 9.15. The third kappa shape index (κ3) is 2.79. The molecule has 0 aliphatic rings. The number of aromatic hydroxyl groups is 1. The minimum Gasteiger partial charge on any atom is -0.506 e. The molecule has 0 bridgehead atoms. The molecule has 2 N–H and O–H groups in total. The molecule has 0 spiro atoms. The Kier molecular flexibility index (Phi) is 3.81. The maximum absolute atomic E-state index is 12.9. The second kappa shape index (κ2) is 5.34. The highest BCUT2D eigenvalue weighted by molar-refractivity contribution is 14.1. The lowest BCUT2D eigenvalue weighted by Gasteiger charge is -2.08. The summed E-state index contributed by atoms with van der Waals surface area (Å²) in [6, 6.07) is 10.3. The Morgan fingerprint density at radius 3 is 2.61 bits per heavy atom. The van der Waals surface area contributed by atoms with E-state index < -0.39 is 5.82 Å². The Balaban J connectivity index is 2.25. The Bertz CT molecular complexity index is 601. The molecule has 0 radical (unpaired) electrons. The van der Waals surface area contributed by atoms with Crippen molar-refractivity contribution in [1.29, 1.82) is 0 Å². The molecule has 0 unspecified atom stereocenters. The number of carbonyl (C=O) groups is 1. The highest BCUT2D eigenvalue weighted by Gasteiger charge is 2.12. The lowest BCUT2D eigenvalue weighted by molar-refractivity contribution is 0.102. The van der Waals surface area contributed by atoms with Crippen LogP contribution in [0.4, 0.5) is 10.1 Å². The average Bonchev–Trinajstić information content (AvgIpc) is 2.32. The van der Waals surface area contributed by atoms with E-state index in [0.717, 1.165) is 0 Å². The predicted molar refractivity (Wildman–Crippen MR) is 75.2 cm³/mol. The van der Waals surface area contributed by atoms with E-state index in [2.05, 4.69) is 5.32 Å².